The Labute approximate surface area is 116 Å². The van der Waals surface area contributed by atoms with Crippen LogP contribution in [-0.4, -0.2) is 17.1 Å². The monoisotopic (exact) mass is 273 g/mol. The SMILES string of the molecule is O=C(O)c1cccc(N(Cc2ccsc2)C2CC2)c1. The molecule has 1 N–H and O–H groups in total. The highest BCUT2D eigenvalue weighted by Crippen LogP contribution is 2.33. The minimum Gasteiger partial charge on any atom is -0.478 e. The van der Waals surface area contributed by atoms with E-state index in [2.05, 4.69) is 21.7 Å². The van der Waals surface area contributed by atoms with E-state index in [-0.39, 0.29) is 0 Å². The molecule has 98 valence electrons. The first-order chi connectivity index (χ1) is 9.24. The Hall–Kier alpha value is -1.81. The number of anilines is 1. The molecule has 19 heavy (non-hydrogen) atoms. The van der Waals surface area contributed by atoms with E-state index >= 15 is 0 Å². The molecule has 0 spiro atoms. The molecule has 1 heterocycles. The van der Waals surface area contributed by atoms with E-state index in [0.717, 1.165) is 12.2 Å². The van der Waals surface area contributed by atoms with Gasteiger partial charge in [-0.3, -0.25) is 0 Å². The number of benzene rings is 1. The summed E-state index contributed by atoms with van der Waals surface area (Å²) >= 11 is 1.70. The Morgan fingerprint density at radius 2 is 2.21 bits per heavy atom. The summed E-state index contributed by atoms with van der Waals surface area (Å²) in [4.78, 5) is 13.4. The minimum absolute atomic E-state index is 0.355. The smallest absolute Gasteiger partial charge is 0.335 e. The predicted molar refractivity (Wildman–Crippen MR) is 76.9 cm³/mol. The molecule has 0 amide bonds. The van der Waals surface area contributed by atoms with Gasteiger partial charge in [0.15, 0.2) is 0 Å². The molecule has 1 aliphatic rings. The Balaban J connectivity index is 1.87. The molecule has 2 aromatic rings. The van der Waals surface area contributed by atoms with Gasteiger partial charge in [-0.2, -0.15) is 11.3 Å². The first-order valence-electron chi connectivity index (χ1n) is 6.35. The number of nitrogens with zero attached hydrogens (tertiary/aromatic N) is 1. The number of hydrogen-bond acceptors (Lipinski definition) is 3. The lowest BCUT2D eigenvalue weighted by molar-refractivity contribution is 0.0697. The second kappa shape index (κ2) is 5.05. The molecule has 1 aromatic heterocycles. The molecule has 0 atom stereocenters. The zero-order valence-electron chi connectivity index (χ0n) is 10.5. The van der Waals surface area contributed by atoms with E-state index in [1.54, 1.807) is 23.5 Å². The summed E-state index contributed by atoms with van der Waals surface area (Å²) in [6, 6.07) is 9.91. The second-order valence-corrected chi connectivity index (χ2v) is 5.63. The maximum atomic E-state index is 11.1. The number of hydrogen-bond donors (Lipinski definition) is 1. The standard InChI is InChI=1S/C15H15NO2S/c17-15(18)12-2-1-3-14(8-12)16(13-4-5-13)9-11-6-7-19-10-11/h1-3,6-8,10,13H,4-5,9H2,(H,17,18). The van der Waals surface area contributed by atoms with Gasteiger partial charge in [-0.1, -0.05) is 6.07 Å². The predicted octanol–water partition coefficient (Wildman–Crippen LogP) is 3.62. The molecule has 1 aliphatic carbocycles. The summed E-state index contributed by atoms with van der Waals surface area (Å²) < 4.78 is 0. The Bertz CT molecular complexity index is 576. The van der Waals surface area contributed by atoms with Crippen molar-refractivity contribution < 1.29 is 9.90 Å². The molecule has 1 fully saturated rings. The largest absolute Gasteiger partial charge is 0.478 e. The maximum Gasteiger partial charge on any atom is 0.335 e. The minimum atomic E-state index is -0.867. The van der Waals surface area contributed by atoms with Gasteiger partial charge in [-0.05, 0) is 53.4 Å². The number of carboxylic acids is 1. The maximum absolute atomic E-state index is 11.1. The molecule has 1 saturated carbocycles. The van der Waals surface area contributed by atoms with Crippen LogP contribution < -0.4 is 4.90 Å². The molecule has 3 rings (SSSR count). The van der Waals surface area contributed by atoms with Crippen LogP contribution in [0.4, 0.5) is 5.69 Å². The molecule has 0 unspecified atom stereocenters. The summed E-state index contributed by atoms with van der Waals surface area (Å²) in [5.74, 6) is -0.867. The Morgan fingerprint density at radius 3 is 2.84 bits per heavy atom. The van der Waals surface area contributed by atoms with Gasteiger partial charge in [-0.15, -0.1) is 0 Å². The average molecular weight is 273 g/mol. The van der Waals surface area contributed by atoms with Crippen molar-refractivity contribution in [2.24, 2.45) is 0 Å². The van der Waals surface area contributed by atoms with Crippen molar-refractivity contribution in [2.45, 2.75) is 25.4 Å². The van der Waals surface area contributed by atoms with E-state index < -0.39 is 5.97 Å². The van der Waals surface area contributed by atoms with Gasteiger partial charge in [0.2, 0.25) is 0 Å². The van der Waals surface area contributed by atoms with Gasteiger partial charge in [0.25, 0.3) is 0 Å². The summed E-state index contributed by atoms with van der Waals surface area (Å²) in [6.45, 7) is 0.858. The van der Waals surface area contributed by atoms with E-state index in [4.69, 9.17) is 5.11 Å². The number of carboxylic acid groups (broad SMARTS) is 1. The number of carbonyl (C=O) groups is 1. The summed E-state index contributed by atoms with van der Waals surface area (Å²) in [5, 5.41) is 13.3. The number of aromatic carboxylic acids is 1. The molecule has 0 aliphatic heterocycles. The van der Waals surface area contributed by atoms with Crippen molar-refractivity contribution in [3.8, 4) is 0 Å². The topological polar surface area (TPSA) is 40.5 Å². The Kier molecular flexibility index (Phi) is 3.25. The highest BCUT2D eigenvalue weighted by atomic mass is 32.1. The van der Waals surface area contributed by atoms with Gasteiger partial charge >= 0.3 is 5.97 Å². The first-order valence-corrected chi connectivity index (χ1v) is 7.29. The molecule has 1 aromatic carbocycles. The lowest BCUT2D eigenvalue weighted by atomic mass is 10.1. The van der Waals surface area contributed by atoms with Gasteiger partial charge in [0.05, 0.1) is 5.56 Å². The number of thiophene rings is 1. The van der Waals surface area contributed by atoms with Gasteiger partial charge in [-0.25, -0.2) is 4.79 Å². The van der Waals surface area contributed by atoms with Crippen LogP contribution in [0.25, 0.3) is 0 Å². The van der Waals surface area contributed by atoms with Crippen LogP contribution in [0.2, 0.25) is 0 Å². The van der Waals surface area contributed by atoms with Crippen molar-refractivity contribution in [1.82, 2.24) is 0 Å². The quantitative estimate of drug-likeness (QED) is 0.904. The Morgan fingerprint density at radius 1 is 1.37 bits per heavy atom. The fraction of sp³-hybridized carbons (Fsp3) is 0.267. The highest BCUT2D eigenvalue weighted by Gasteiger charge is 2.29. The van der Waals surface area contributed by atoms with Crippen molar-refractivity contribution in [2.75, 3.05) is 4.90 Å². The van der Waals surface area contributed by atoms with Gasteiger partial charge in [0.1, 0.15) is 0 Å². The molecule has 0 saturated heterocycles. The molecule has 0 bridgehead atoms. The van der Waals surface area contributed by atoms with Crippen molar-refractivity contribution in [3.63, 3.8) is 0 Å². The third kappa shape index (κ3) is 2.79. The summed E-state index contributed by atoms with van der Waals surface area (Å²) in [7, 11) is 0. The van der Waals surface area contributed by atoms with Gasteiger partial charge < -0.3 is 10.0 Å². The van der Waals surface area contributed by atoms with Gasteiger partial charge in [0, 0.05) is 18.3 Å². The van der Waals surface area contributed by atoms with E-state index in [9.17, 15) is 4.79 Å². The van der Waals surface area contributed by atoms with Crippen molar-refractivity contribution in [1.29, 1.82) is 0 Å². The molecule has 3 nitrogen and oxygen atoms in total. The normalized spacial score (nSPS) is 14.3. The fourth-order valence-corrected chi connectivity index (χ4v) is 2.87. The van der Waals surface area contributed by atoms with E-state index in [0.29, 0.717) is 11.6 Å². The number of rotatable bonds is 5. The van der Waals surface area contributed by atoms with Crippen molar-refractivity contribution in [3.05, 3.63) is 52.2 Å². The van der Waals surface area contributed by atoms with Crippen LogP contribution in [0.3, 0.4) is 0 Å². The first kappa shape index (κ1) is 12.2. The highest BCUT2D eigenvalue weighted by molar-refractivity contribution is 7.07. The second-order valence-electron chi connectivity index (χ2n) is 4.85. The molecular weight excluding hydrogens is 258 g/mol. The van der Waals surface area contributed by atoms with Crippen LogP contribution in [0.1, 0.15) is 28.8 Å². The third-order valence-corrected chi connectivity index (χ3v) is 4.08. The van der Waals surface area contributed by atoms with E-state index in [1.165, 1.54) is 18.4 Å². The summed E-state index contributed by atoms with van der Waals surface area (Å²) in [6.07, 6.45) is 2.39. The van der Waals surface area contributed by atoms with Crippen LogP contribution in [0.5, 0.6) is 0 Å². The van der Waals surface area contributed by atoms with Crippen LogP contribution in [0.15, 0.2) is 41.1 Å². The van der Waals surface area contributed by atoms with Crippen molar-refractivity contribution >= 4 is 23.0 Å². The fourth-order valence-electron chi connectivity index (χ4n) is 2.21. The third-order valence-electron chi connectivity index (χ3n) is 3.35. The molecule has 4 heteroatoms. The average Bonchev–Trinajstić information content (AvgIpc) is 3.13. The van der Waals surface area contributed by atoms with Crippen LogP contribution >= 0.6 is 11.3 Å². The zero-order chi connectivity index (χ0) is 13.2. The molecular formula is C15H15NO2S. The van der Waals surface area contributed by atoms with Crippen LogP contribution in [0, 0.1) is 0 Å². The lowest BCUT2D eigenvalue weighted by Gasteiger charge is -2.24. The van der Waals surface area contributed by atoms with Crippen LogP contribution in [-0.2, 0) is 6.54 Å². The molecule has 0 radical (unpaired) electrons. The summed E-state index contributed by atoms with van der Waals surface area (Å²) in [5.41, 5.74) is 2.65. The lowest BCUT2D eigenvalue weighted by Crippen LogP contribution is -2.24. The van der Waals surface area contributed by atoms with E-state index in [1.807, 2.05) is 12.1 Å². The zero-order valence-corrected chi connectivity index (χ0v) is 11.3.